The first-order valence-corrected chi connectivity index (χ1v) is 9.76. The van der Waals surface area contributed by atoms with E-state index in [1.807, 2.05) is 30.5 Å². The quantitative estimate of drug-likeness (QED) is 0.715. The molecule has 0 saturated carbocycles. The highest BCUT2D eigenvalue weighted by Crippen LogP contribution is 2.30. The second-order valence-corrected chi connectivity index (χ2v) is 7.85. The van der Waals surface area contributed by atoms with Crippen LogP contribution in [0.3, 0.4) is 0 Å². The summed E-state index contributed by atoms with van der Waals surface area (Å²) in [7, 11) is -2.14. The molecule has 1 aromatic heterocycles. The molecule has 0 saturated heterocycles. The number of benzene rings is 2. The van der Waals surface area contributed by atoms with E-state index in [2.05, 4.69) is 4.40 Å². The molecule has 0 aliphatic carbocycles. The van der Waals surface area contributed by atoms with Crippen LogP contribution in [0.15, 0.2) is 51.8 Å². The lowest BCUT2D eigenvalue weighted by molar-refractivity contribution is 0.417. The Hall–Kier alpha value is -2.12. The second-order valence-electron chi connectivity index (χ2n) is 5.27. The summed E-state index contributed by atoms with van der Waals surface area (Å²) in [6.45, 7) is 4.55. The lowest BCUT2D eigenvalue weighted by Crippen LogP contribution is -2.16. The minimum absolute atomic E-state index is 0.189. The van der Waals surface area contributed by atoms with E-state index >= 15 is 0 Å². The summed E-state index contributed by atoms with van der Waals surface area (Å²) in [5.41, 5.74) is 1.95. The standard InChI is InChI=1S/C17H18N2O3S2/c1-4-19-15-14(22-3)11-10-12(2)16(15)23-17(19)18-24(20,21)13-8-6-5-7-9-13/h5-11H,4H2,1-3H3/b18-17-. The van der Waals surface area contributed by atoms with Crippen molar-refractivity contribution in [1.29, 1.82) is 0 Å². The molecule has 0 unspecified atom stereocenters. The topological polar surface area (TPSA) is 60.7 Å². The number of fused-ring (bicyclic) bond motifs is 1. The van der Waals surface area contributed by atoms with Gasteiger partial charge < -0.3 is 9.30 Å². The fraction of sp³-hybridized carbons (Fsp3) is 0.235. The fourth-order valence-corrected chi connectivity index (χ4v) is 4.96. The van der Waals surface area contributed by atoms with Crippen LogP contribution in [0.4, 0.5) is 0 Å². The molecule has 0 amide bonds. The van der Waals surface area contributed by atoms with Crippen molar-refractivity contribution in [2.45, 2.75) is 25.3 Å². The summed E-state index contributed by atoms with van der Waals surface area (Å²) >= 11 is 1.36. The molecule has 3 rings (SSSR count). The number of thiazole rings is 1. The van der Waals surface area contributed by atoms with Gasteiger partial charge in [0.15, 0.2) is 0 Å². The van der Waals surface area contributed by atoms with Crippen LogP contribution in [0.1, 0.15) is 12.5 Å². The van der Waals surface area contributed by atoms with E-state index in [4.69, 9.17) is 4.74 Å². The van der Waals surface area contributed by atoms with Crippen LogP contribution in [-0.2, 0) is 16.6 Å². The van der Waals surface area contributed by atoms with E-state index in [1.165, 1.54) is 11.3 Å². The van der Waals surface area contributed by atoms with Gasteiger partial charge in [-0.05, 0) is 37.6 Å². The maximum Gasteiger partial charge on any atom is 0.285 e. The summed E-state index contributed by atoms with van der Waals surface area (Å²) < 4.78 is 37.6. The predicted octanol–water partition coefficient (Wildman–Crippen LogP) is 3.33. The molecule has 1 heterocycles. The van der Waals surface area contributed by atoms with Gasteiger partial charge in [-0.1, -0.05) is 35.6 Å². The number of hydrogen-bond donors (Lipinski definition) is 0. The monoisotopic (exact) mass is 362 g/mol. The Morgan fingerprint density at radius 2 is 1.88 bits per heavy atom. The molecule has 7 heteroatoms. The van der Waals surface area contributed by atoms with Crippen LogP contribution in [0.5, 0.6) is 5.75 Å². The van der Waals surface area contributed by atoms with Gasteiger partial charge in [0.2, 0.25) is 4.80 Å². The van der Waals surface area contributed by atoms with E-state index in [9.17, 15) is 8.42 Å². The zero-order chi connectivity index (χ0) is 17.3. The van der Waals surface area contributed by atoms with Crippen molar-refractivity contribution in [2.24, 2.45) is 4.40 Å². The molecular weight excluding hydrogens is 344 g/mol. The van der Waals surface area contributed by atoms with Gasteiger partial charge in [0.25, 0.3) is 10.0 Å². The average molecular weight is 362 g/mol. The third-order valence-corrected chi connectivity index (χ3v) is 6.37. The number of sulfonamides is 1. The average Bonchev–Trinajstić information content (AvgIpc) is 2.94. The van der Waals surface area contributed by atoms with Gasteiger partial charge in [0, 0.05) is 6.54 Å². The molecule has 3 aromatic rings. The second kappa shape index (κ2) is 6.41. The minimum Gasteiger partial charge on any atom is -0.495 e. The summed E-state index contributed by atoms with van der Waals surface area (Å²) in [5.74, 6) is 0.715. The minimum atomic E-state index is -3.75. The number of aryl methyl sites for hydroxylation is 2. The maximum atomic E-state index is 12.6. The highest BCUT2D eigenvalue weighted by molar-refractivity contribution is 7.90. The van der Waals surface area contributed by atoms with Gasteiger partial charge in [-0.15, -0.1) is 4.40 Å². The lowest BCUT2D eigenvalue weighted by Gasteiger charge is -2.07. The van der Waals surface area contributed by atoms with E-state index in [1.54, 1.807) is 37.4 Å². The van der Waals surface area contributed by atoms with E-state index in [0.29, 0.717) is 17.1 Å². The zero-order valence-corrected chi connectivity index (χ0v) is 15.3. The van der Waals surface area contributed by atoms with Crippen molar-refractivity contribution < 1.29 is 13.2 Å². The van der Waals surface area contributed by atoms with Gasteiger partial charge in [0.1, 0.15) is 11.3 Å². The van der Waals surface area contributed by atoms with Crippen LogP contribution in [0.25, 0.3) is 10.2 Å². The summed E-state index contributed by atoms with van der Waals surface area (Å²) in [6.07, 6.45) is 0. The van der Waals surface area contributed by atoms with E-state index in [-0.39, 0.29) is 4.90 Å². The van der Waals surface area contributed by atoms with Crippen LogP contribution in [0, 0.1) is 6.92 Å². The van der Waals surface area contributed by atoms with Crippen molar-refractivity contribution in [3.8, 4) is 5.75 Å². The molecule has 0 aliphatic rings. The van der Waals surface area contributed by atoms with Crippen molar-refractivity contribution >= 4 is 31.6 Å². The highest BCUT2D eigenvalue weighted by Gasteiger charge is 2.16. The number of nitrogens with zero attached hydrogens (tertiary/aromatic N) is 2. The van der Waals surface area contributed by atoms with Gasteiger partial charge in [-0.2, -0.15) is 8.42 Å². The summed E-state index contributed by atoms with van der Waals surface area (Å²) in [6, 6.07) is 12.1. The van der Waals surface area contributed by atoms with Gasteiger partial charge in [-0.3, -0.25) is 0 Å². The normalized spacial score (nSPS) is 12.7. The summed E-state index contributed by atoms with van der Waals surface area (Å²) in [4.78, 5) is 0.637. The molecule has 5 nitrogen and oxygen atoms in total. The number of methoxy groups -OCH3 is 1. The Morgan fingerprint density at radius 3 is 2.50 bits per heavy atom. The molecule has 0 N–H and O–H groups in total. The lowest BCUT2D eigenvalue weighted by atomic mass is 10.2. The predicted molar refractivity (Wildman–Crippen MR) is 96.0 cm³/mol. The molecule has 2 aromatic carbocycles. The van der Waals surface area contributed by atoms with Crippen molar-refractivity contribution in [2.75, 3.05) is 7.11 Å². The molecule has 0 spiro atoms. The first-order chi connectivity index (χ1) is 11.5. The van der Waals surface area contributed by atoms with Crippen LogP contribution >= 0.6 is 11.3 Å². The van der Waals surface area contributed by atoms with Crippen LogP contribution in [-0.4, -0.2) is 20.1 Å². The number of aromatic nitrogens is 1. The van der Waals surface area contributed by atoms with Gasteiger partial charge in [-0.25, -0.2) is 0 Å². The Balaban J connectivity index is 2.33. The molecule has 0 aliphatic heterocycles. The third-order valence-electron chi connectivity index (χ3n) is 3.76. The smallest absolute Gasteiger partial charge is 0.285 e. The largest absolute Gasteiger partial charge is 0.495 e. The molecule has 0 bridgehead atoms. The molecular formula is C17H18N2O3S2. The van der Waals surface area contributed by atoms with Crippen molar-refractivity contribution in [3.05, 3.63) is 52.8 Å². The molecule has 0 fully saturated rings. The van der Waals surface area contributed by atoms with Gasteiger partial charge >= 0.3 is 0 Å². The number of rotatable bonds is 4. The van der Waals surface area contributed by atoms with E-state index in [0.717, 1.165) is 15.8 Å². The maximum absolute atomic E-state index is 12.6. The van der Waals surface area contributed by atoms with Crippen LogP contribution < -0.4 is 9.54 Å². The highest BCUT2D eigenvalue weighted by atomic mass is 32.2. The number of ether oxygens (including phenoxy) is 1. The Bertz CT molecular complexity index is 1050. The summed E-state index contributed by atoms with van der Waals surface area (Å²) in [5, 5.41) is 0. The zero-order valence-electron chi connectivity index (χ0n) is 13.7. The molecule has 0 atom stereocenters. The van der Waals surface area contributed by atoms with Crippen LogP contribution in [0.2, 0.25) is 0 Å². The molecule has 24 heavy (non-hydrogen) atoms. The fourth-order valence-electron chi connectivity index (χ4n) is 2.55. The van der Waals surface area contributed by atoms with Crippen molar-refractivity contribution in [3.63, 3.8) is 0 Å². The van der Waals surface area contributed by atoms with E-state index < -0.39 is 10.0 Å². The Kier molecular flexibility index (Phi) is 4.47. The first kappa shape index (κ1) is 16.7. The van der Waals surface area contributed by atoms with Crippen molar-refractivity contribution in [1.82, 2.24) is 4.57 Å². The molecule has 126 valence electrons. The Morgan fingerprint density at radius 1 is 1.17 bits per heavy atom. The first-order valence-electron chi connectivity index (χ1n) is 7.51. The third kappa shape index (κ3) is 2.85. The van der Waals surface area contributed by atoms with Gasteiger partial charge in [0.05, 0.1) is 16.7 Å². The number of hydrogen-bond acceptors (Lipinski definition) is 4. The Labute approximate surface area is 144 Å². The molecule has 0 radical (unpaired) electrons. The SMILES string of the molecule is CCn1/c(=N/S(=O)(=O)c2ccccc2)sc2c(C)ccc(OC)c21.